The van der Waals surface area contributed by atoms with Crippen molar-refractivity contribution in [3.63, 3.8) is 0 Å². The van der Waals surface area contributed by atoms with Crippen LogP contribution in [0.3, 0.4) is 0 Å². The number of carbonyl (C=O) groups is 1. The van der Waals surface area contributed by atoms with Crippen molar-refractivity contribution in [1.29, 1.82) is 0 Å². The van der Waals surface area contributed by atoms with Gasteiger partial charge in [0.1, 0.15) is 5.78 Å². The van der Waals surface area contributed by atoms with E-state index in [0.717, 1.165) is 0 Å². The molecule has 0 aliphatic rings. The van der Waals surface area contributed by atoms with Gasteiger partial charge in [0.2, 0.25) is 0 Å². The molecule has 0 amide bonds. The monoisotopic (exact) mass is 224 g/mol. The van der Waals surface area contributed by atoms with Crippen LogP contribution < -0.4 is 4.74 Å². The smallest absolute Gasteiger partial charge is 0.168 e. The van der Waals surface area contributed by atoms with E-state index in [4.69, 9.17) is 4.74 Å². The molecule has 0 spiro atoms. The minimum atomic E-state index is -0.360. The number of hydrogen-bond donors (Lipinski definition) is 0. The Balaban J connectivity index is 2.71. The lowest BCUT2D eigenvalue weighted by Gasteiger charge is -2.07. The second-order valence-corrected chi connectivity index (χ2v) is 4.05. The molecule has 0 aromatic heterocycles. The third-order valence-electron chi connectivity index (χ3n) is 2.55. The lowest BCUT2D eigenvalue weighted by atomic mass is 10.0. The first-order valence-electron chi connectivity index (χ1n) is 5.40. The van der Waals surface area contributed by atoms with Gasteiger partial charge >= 0.3 is 0 Å². The Morgan fingerprint density at radius 1 is 1.44 bits per heavy atom. The van der Waals surface area contributed by atoms with Crippen LogP contribution in [0.1, 0.15) is 25.8 Å². The van der Waals surface area contributed by atoms with Gasteiger partial charge < -0.3 is 4.74 Å². The molecular weight excluding hydrogens is 207 g/mol. The zero-order valence-corrected chi connectivity index (χ0v) is 9.92. The second-order valence-electron chi connectivity index (χ2n) is 4.05. The maximum atomic E-state index is 13.7. The first-order valence-corrected chi connectivity index (χ1v) is 5.40. The molecule has 0 fully saturated rings. The zero-order chi connectivity index (χ0) is 12.1. The molecule has 0 saturated carbocycles. The molecule has 88 valence electrons. The molecule has 1 aromatic rings. The van der Waals surface area contributed by atoms with Gasteiger partial charge in [0.15, 0.2) is 11.6 Å². The van der Waals surface area contributed by atoms with Gasteiger partial charge in [-0.05, 0) is 18.1 Å². The van der Waals surface area contributed by atoms with Crippen LogP contribution in [-0.4, -0.2) is 12.9 Å². The summed E-state index contributed by atoms with van der Waals surface area (Å²) < 4.78 is 18.6. The van der Waals surface area contributed by atoms with Gasteiger partial charge in [0.25, 0.3) is 0 Å². The number of carbonyl (C=O) groups excluding carboxylic acids is 1. The van der Waals surface area contributed by atoms with Crippen molar-refractivity contribution in [2.24, 2.45) is 5.92 Å². The first-order chi connectivity index (χ1) is 7.56. The summed E-state index contributed by atoms with van der Waals surface area (Å²) in [5, 5.41) is 0. The van der Waals surface area contributed by atoms with Gasteiger partial charge in [-0.25, -0.2) is 4.39 Å². The summed E-state index contributed by atoms with van der Waals surface area (Å²) in [4.78, 5) is 11.4. The second kappa shape index (κ2) is 5.64. The lowest BCUT2D eigenvalue weighted by Crippen LogP contribution is -2.08. The Kier molecular flexibility index (Phi) is 4.47. The Bertz CT molecular complexity index is 372. The van der Waals surface area contributed by atoms with Crippen LogP contribution in [-0.2, 0) is 11.2 Å². The van der Waals surface area contributed by atoms with E-state index < -0.39 is 0 Å². The zero-order valence-electron chi connectivity index (χ0n) is 9.92. The summed E-state index contributed by atoms with van der Waals surface area (Å²) in [6.07, 6.45) is 0.807. The number of methoxy groups -OCH3 is 1. The standard InChI is InChI=1S/C13H17FO2/c1-9(2)11(15)8-7-10-5-4-6-12(16-3)13(10)14/h4-6,9H,7-8H2,1-3H3. The number of ether oxygens (including phenoxy) is 1. The first kappa shape index (κ1) is 12.7. The van der Waals surface area contributed by atoms with Crippen molar-refractivity contribution >= 4 is 5.78 Å². The summed E-state index contributed by atoms with van der Waals surface area (Å²) in [5.74, 6) is 0.0342. The van der Waals surface area contributed by atoms with E-state index in [0.29, 0.717) is 18.4 Å². The molecule has 0 heterocycles. The largest absolute Gasteiger partial charge is 0.494 e. The highest BCUT2D eigenvalue weighted by atomic mass is 19.1. The van der Waals surface area contributed by atoms with Crippen LogP contribution in [0, 0.1) is 11.7 Å². The third kappa shape index (κ3) is 3.05. The maximum Gasteiger partial charge on any atom is 0.168 e. The fraction of sp³-hybridized carbons (Fsp3) is 0.462. The molecule has 0 saturated heterocycles. The van der Waals surface area contributed by atoms with Gasteiger partial charge in [-0.15, -0.1) is 0 Å². The van der Waals surface area contributed by atoms with Gasteiger partial charge in [0.05, 0.1) is 7.11 Å². The Morgan fingerprint density at radius 3 is 2.69 bits per heavy atom. The fourth-order valence-electron chi connectivity index (χ4n) is 1.45. The predicted octanol–water partition coefficient (Wildman–Crippen LogP) is 2.99. The highest BCUT2D eigenvalue weighted by Gasteiger charge is 2.11. The molecular formula is C13H17FO2. The van der Waals surface area contributed by atoms with Crippen LogP contribution in [0.4, 0.5) is 4.39 Å². The number of aryl methyl sites for hydroxylation is 1. The van der Waals surface area contributed by atoms with Gasteiger partial charge in [-0.1, -0.05) is 26.0 Å². The van der Waals surface area contributed by atoms with Gasteiger partial charge in [-0.3, -0.25) is 4.79 Å². The van der Waals surface area contributed by atoms with E-state index in [2.05, 4.69) is 0 Å². The van der Waals surface area contributed by atoms with Crippen LogP contribution in [0.5, 0.6) is 5.75 Å². The topological polar surface area (TPSA) is 26.3 Å². The molecule has 0 atom stereocenters. The number of hydrogen-bond acceptors (Lipinski definition) is 2. The summed E-state index contributed by atoms with van der Waals surface area (Å²) in [6, 6.07) is 4.99. The van der Waals surface area contributed by atoms with E-state index in [1.54, 1.807) is 18.2 Å². The average Bonchev–Trinajstić information content (AvgIpc) is 2.27. The quantitative estimate of drug-likeness (QED) is 0.768. The van der Waals surface area contributed by atoms with E-state index >= 15 is 0 Å². The molecule has 0 radical (unpaired) electrons. The number of rotatable bonds is 5. The van der Waals surface area contributed by atoms with Crippen molar-refractivity contribution < 1.29 is 13.9 Å². The van der Waals surface area contributed by atoms with Gasteiger partial charge in [-0.2, -0.15) is 0 Å². The average molecular weight is 224 g/mol. The van der Waals surface area contributed by atoms with Crippen molar-refractivity contribution in [2.45, 2.75) is 26.7 Å². The van der Waals surface area contributed by atoms with Crippen LogP contribution >= 0.6 is 0 Å². The fourth-order valence-corrected chi connectivity index (χ4v) is 1.45. The number of Topliss-reactive ketones (excluding diaryl/α,β-unsaturated/α-hetero) is 1. The number of benzene rings is 1. The Labute approximate surface area is 95.4 Å². The summed E-state index contributed by atoms with van der Waals surface area (Å²) >= 11 is 0. The van der Waals surface area contributed by atoms with E-state index in [1.807, 2.05) is 13.8 Å². The number of halogens is 1. The van der Waals surface area contributed by atoms with E-state index in [9.17, 15) is 9.18 Å². The summed E-state index contributed by atoms with van der Waals surface area (Å²) in [5.41, 5.74) is 0.536. The van der Waals surface area contributed by atoms with Crippen molar-refractivity contribution in [3.8, 4) is 5.75 Å². The molecule has 1 rings (SSSR count). The highest BCUT2D eigenvalue weighted by Crippen LogP contribution is 2.21. The van der Waals surface area contributed by atoms with Crippen LogP contribution in [0.15, 0.2) is 18.2 Å². The van der Waals surface area contributed by atoms with E-state index in [1.165, 1.54) is 7.11 Å². The van der Waals surface area contributed by atoms with Crippen LogP contribution in [0.2, 0.25) is 0 Å². The maximum absolute atomic E-state index is 13.7. The molecule has 2 nitrogen and oxygen atoms in total. The summed E-state index contributed by atoms with van der Waals surface area (Å²) in [7, 11) is 1.43. The molecule has 3 heteroatoms. The number of ketones is 1. The van der Waals surface area contributed by atoms with Crippen molar-refractivity contribution in [2.75, 3.05) is 7.11 Å². The SMILES string of the molecule is COc1cccc(CCC(=O)C(C)C)c1F. The molecule has 0 N–H and O–H groups in total. The molecule has 1 aromatic carbocycles. The molecule has 0 aliphatic carbocycles. The van der Waals surface area contributed by atoms with Crippen molar-refractivity contribution in [3.05, 3.63) is 29.6 Å². The predicted molar refractivity (Wildman–Crippen MR) is 61.1 cm³/mol. The minimum absolute atomic E-state index is 0.00803. The van der Waals surface area contributed by atoms with Crippen molar-refractivity contribution in [1.82, 2.24) is 0 Å². The highest BCUT2D eigenvalue weighted by molar-refractivity contribution is 5.80. The lowest BCUT2D eigenvalue weighted by molar-refractivity contribution is -0.121. The normalized spacial score (nSPS) is 10.6. The van der Waals surface area contributed by atoms with E-state index in [-0.39, 0.29) is 23.3 Å². The minimum Gasteiger partial charge on any atom is -0.494 e. The third-order valence-corrected chi connectivity index (χ3v) is 2.55. The van der Waals surface area contributed by atoms with Gasteiger partial charge in [0, 0.05) is 12.3 Å². The molecule has 0 unspecified atom stereocenters. The Morgan fingerprint density at radius 2 is 2.12 bits per heavy atom. The van der Waals surface area contributed by atoms with Crippen LogP contribution in [0.25, 0.3) is 0 Å². The molecule has 0 aliphatic heterocycles. The summed E-state index contributed by atoms with van der Waals surface area (Å²) in [6.45, 7) is 3.70. The molecule has 0 bridgehead atoms. The molecule has 16 heavy (non-hydrogen) atoms. The Hall–Kier alpha value is -1.38.